The highest BCUT2D eigenvalue weighted by atomic mass is 16.5. The average molecular weight is 231 g/mol. The van der Waals surface area contributed by atoms with E-state index in [1.165, 1.54) is 0 Å². The van der Waals surface area contributed by atoms with E-state index in [0.717, 1.165) is 6.42 Å². The SMILES string of the molecule is O=C(O)CC(NC(=O)C1CCCO1)C(=O)O. The molecule has 90 valence electrons. The standard InChI is InChI=1S/C9H13NO6/c11-7(12)4-5(9(14)15)10-8(13)6-2-1-3-16-6/h5-6H,1-4H2,(H,10,13)(H,11,12)(H,14,15). The van der Waals surface area contributed by atoms with Crippen LogP contribution in [0.15, 0.2) is 0 Å². The van der Waals surface area contributed by atoms with Crippen molar-refractivity contribution in [2.75, 3.05) is 6.61 Å². The maximum Gasteiger partial charge on any atom is 0.326 e. The molecule has 3 N–H and O–H groups in total. The number of hydrogen-bond acceptors (Lipinski definition) is 4. The van der Waals surface area contributed by atoms with Gasteiger partial charge in [0.25, 0.3) is 0 Å². The molecule has 0 saturated carbocycles. The number of rotatable bonds is 5. The van der Waals surface area contributed by atoms with Crippen LogP contribution in [0.2, 0.25) is 0 Å². The highest BCUT2D eigenvalue weighted by Crippen LogP contribution is 2.12. The molecule has 0 radical (unpaired) electrons. The fourth-order valence-corrected chi connectivity index (χ4v) is 1.42. The Morgan fingerprint density at radius 3 is 2.50 bits per heavy atom. The van der Waals surface area contributed by atoms with Gasteiger partial charge in [-0.25, -0.2) is 4.79 Å². The topological polar surface area (TPSA) is 113 Å². The summed E-state index contributed by atoms with van der Waals surface area (Å²) in [4.78, 5) is 32.5. The first kappa shape index (κ1) is 12.4. The molecule has 1 aliphatic rings. The summed E-state index contributed by atoms with van der Waals surface area (Å²) in [6.07, 6.45) is -0.0241. The normalized spacial score (nSPS) is 21.4. The average Bonchev–Trinajstić information content (AvgIpc) is 2.68. The summed E-state index contributed by atoms with van der Waals surface area (Å²) in [7, 11) is 0. The molecule has 1 fully saturated rings. The smallest absolute Gasteiger partial charge is 0.326 e. The molecule has 0 aliphatic carbocycles. The van der Waals surface area contributed by atoms with E-state index in [1.54, 1.807) is 0 Å². The van der Waals surface area contributed by atoms with Gasteiger partial charge in [-0.15, -0.1) is 0 Å². The quantitative estimate of drug-likeness (QED) is 0.571. The van der Waals surface area contributed by atoms with Crippen molar-refractivity contribution in [2.24, 2.45) is 0 Å². The number of hydrogen-bond donors (Lipinski definition) is 3. The number of carboxylic acid groups (broad SMARTS) is 2. The molecule has 7 nitrogen and oxygen atoms in total. The Kier molecular flexibility index (Phi) is 4.24. The predicted molar refractivity (Wildman–Crippen MR) is 50.8 cm³/mol. The van der Waals surface area contributed by atoms with Crippen molar-refractivity contribution < 1.29 is 29.3 Å². The van der Waals surface area contributed by atoms with Crippen molar-refractivity contribution >= 4 is 17.8 Å². The number of aliphatic carboxylic acids is 2. The zero-order valence-corrected chi connectivity index (χ0v) is 8.51. The Morgan fingerprint density at radius 2 is 2.06 bits per heavy atom. The molecule has 0 aromatic carbocycles. The van der Waals surface area contributed by atoms with Crippen LogP contribution in [0, 0.1) is 0 Å². The lowest BCUT2D eigenvalue weighted by atomic mass is 10.1. The fourth-order valence-electron chi connectivity index (χ4n) is 1.42. The van der Waals surface area contributed by atoms with Crippen LogP contribution in [0.5, 0.6) is 0 Å². The summed E-state index contributed by atoms with van der Waals surface area (Å²) in [6, 6.07) is -1.41. The number of carbonyl (C=O) groups is 3. The molecule has 7 heteroatoms. The van der Waals surface area contributed by atoms with Crippen LogP contribution in [-0.4, -0.2) is 46.8 Å². The molecular formula is C9H13NO6. The lowest BCUT2D eigenvalue weighted by molar-refractivity contribution is -0.148. The summed E-state index contributed by atoms with van der Waals surface area (Å²) < 4.78 is 5.05. The van der Waals surface area contributed by atoms with Crippen molar-refractivity contribution in [1.29, 1.82) is 0 Å². The monoisotopic (exact) mass is 231 g/mol. The molecule has 0 aromatic rings. The van der Waals surface area contributed by atoms with Crippen LogP contribution >= 0.6 is 0 Å². The van der Waals surface area contributed by atoms with Crippen molar-refractivity contribution in [2.45, 2.75) is 31.4 Å². The van der Waals surface area contributed by atoms with Crippen molar-refractivity contribution in [3.8, 4) is 0 Å². The van der Waals surface area contributed by atoms with Gasteiger partial charge < -0.3 is 20.3 Å². The van der Waals surface area contributed by atoms with E-state index in [0.29, 0.717) is 13.0 Å². The van der Waals surface area contributed by atoms with E-state index in [1.807, 2.05) is 0 Å². The number of carbonyl (C=O) groups excluding carboxylic acids is 1. The molecule has 1 rings (SSSR count). The Morgan fingerprint density at radius 1 is 1.38 bits per heavy atom. The van der Waals surface area contributed by atoms with Gasteiger partial charge in [0.15, 0.2) is 0 Å². The van der Waals surface area contributed by atoms with Crippen LogP contribution < -0.4 is 5.32 Å². The third-order valence-corrected chi connectivity index (χ3v) is 2.22. The Labute approximate surface area is 91.4 Å². The molecule has 2 atom stereocenters. The molecule has 0 spiro atoms. The van der Waals surface area contributed by atoms with Gasteiger partial charge in [0.1, 0.15) is 12.1 Å². The first-order valence-electron chi connectivity index (χ1n) is 4.87. The summed E-state index contributed by atoms with van der Waals surface area (Å²) in [6.45, 7) is 0.467. The molecule has 0 aromatic heterocycles. The molecule has 2 unspecified atom stereocenters. The van der Waals surface area contributed by atoms with Gasteiger partial charge in [0.2, 0.25) is 5.91 Å². The van der Waals surface area contributed by atoms with Crippen LogP contribution in [0.1, 0.15) is 19.3 Å². The third-order valence-electron chi connectivity index (χ3n) is 2.22. The molecule has 1 heterocycles. The number of nitrogens with one attached hydrogen (secondary N) is 1. The molecule has 1 aliphatic heterocycles. The van der Waals surface area contributed by atoms with Gasteiger partial charge in [-0.3, -0.25) is 9.59 Å². The lowest BCUT2D eigenvalue weighted by Crippen LogP contribution is -2.46. The molecule has 1 amide bonds. The van der Waals surface area contributed by atoms with Gasteiger partial charge in [0, 0.05) is 6.61 Å². The summed E-state index contributed by atoms with van der Waals surface area (Å²) in [5.41, 5.74) is 0. The van der Waals surface area contributed by atoms with Gasteiger partial charge in [-0.1, -0.05) is 0 Å². The van der Waals surface area contributed by atoms with Crippen LogP contribution in [0.3, 0.4) is 0 Å². The minimum Gasteiger partial charge on any atom is -0.481 e. The first-order valence-corrected chi connectivity index (χ1v) is 4.87. The van der Waals surface area contributed by atoms with E-state index in [-0.39, 0.29) is 0 Å². The number of ether oxygens (including phenoxy) is 1. The second-order valence-electron chi connectivity index (χ2n) is 3.50. The van der Waals surface area contributed by atoms with Gasteiger partial charge in [-0.2, -0.15) is 0 Å². The lowest BCUT2D eigenvalue weighted by Gasteiger charge is -2.15. The molecule has 0 bridgehead atoms. The second kappa shape index (κ2) is 5.45. The maximum atomic E-state index is 11.4. The Hall–Kier alpha value is -1.63. The molecule has 1 saturated heterocycles. The van der Waals surface area contributed by atoms with E-state index in [4.69, 9.17) is 14.9 Å². The van der Waals surface area contributed by atoms with Crippen molar-refractivity contribution in [1.82, 2.24) is 5.32 Å². The number of amides is 1. The van der Waals surface area contributed by atoms with Crippen LogP contribution in [0.4, 0.5) is 0 Å². The summed E-state index contributed by atoms with van der Waals surface area (Å²) in [5.74, 6) is -3.21. The maximum absolute atomic E-state index is 11.4. The highest BCUT2D eigenvalue weighted by molar-refractivity contribution is 5.88. The van der Waals surface area contributed by atoms with E-state index >= 15 is 0 Å². The van der Waals surface area contributed by atoms with Crippen molar-refractivity contribution in [3.63, 3.8) is 0 Å². The zero-order chi connectivity index (χ0) is 12.1. The third kappa shape index (κ3) is 3.50. The molecular weight excluding hydrogens is 218 g/mol. The highest BCUT2D eigenvalue weighted by Gasteiger charge is 2.29. The van der Waals surface area contributed by atoms with Crippen molar-refractivity contribution in [3.05, 3.63) is 0 Å². The Bertz CT molecular complexity index is 296. The van der Waals surface area contributed by atoms with E-state index < -0.39 is 36.4 Å². The van der Waals surface area contributed by atoms with E-state index in [2.05, 4.69) is 5.32 Å². The van der Waals surface area contributed by atoms with Gasteiger partial charge in [0.05, 0.1) is 6.42 Å². The summed E-state index contributed by atoms with van der Waals surface area (Å²) in [5, 5.41) is 19.3. The minimum atomic E-state index is -1.41. The second-order valence-corrected chi connectivity index (χ2v) is 3.50. The fraction of sp³-hybridized carbons (Fsp3) is 0.667. The van der Waals surface area contributed by atoms with Gasteiger partial charge in [-0.05, 0) is 12.8 Å². The largest absolute Gasteiger partial charge is 0.481 e. The predicted octanol–water partition coefficient (Wildman–Crippen LogP) is -0.790. The summed E-state index contributed by atoms with van der Waals surface area (Å²) >= 11 is 0. The Balaban J connectivity index is 2.50. The zero-order valence-electron chi connectivity index (χ0n) is 8.51. The van der Waals surface area contributed by atoms with E-state index in [9.17, 15) is 14.4 Å². The van der Waals surface area contributed by atoms with Crippen LogP contribution in [0.25, 0.3) is 0 Å². The number of carboxylic acids is 2. The minimum absolute atomic E-state index is 0.467. The van der Waals surface area contributed by atoms with Crippen LogP contribution in [-0.2, 0) is 19.1 Å². The van der Waals surface area contributed by atoms with Gasteiger partial charge >= 0.3 is 11.9 Å². The molecule has 16 heavy (non-hydrogen) atoms. The first-order chi connectivity index (χ1) is 7.50.